The summed E-state index contributed by atoms with van der Waals surface area (Å²) < 4.78 is 0. The predicted molar refractivity (Wildman–Crippen MR) is 52.5 cm³/mol. The molecule has 62 valence electrons. The Balaban J connectivity index is 2.10. The molecule has 2 aliphatic carbocycles. The number of phenols is 1. The minimum atomic E-state index is 0.324. The van der Waals surface area contributed by atoms with Crippen LogP contribution in [0.1, 0.15) is 0 Å². The van der Waals surface area contributed by atoms with Gasteiger partial charge in [-0.3, -0.25) is 0 Å². The molecule has 1 nitrogen and oxygen atoms in total. The van der Waals surface area contributed by atoms with Crippen LogP contribution in [0.3, 0.4) is 0 Å². The molecule has 0 aromatic heterocycles. The lowest BCUT2D eigenvalue weighted by molar-refractivity contribution is 0.475. The minimum Gasteiger partial charge on any atom is -0.508 e. The predicted octanol–water partition coefficient (Wildman–Crippen LogP) is 3.04. The minimum absolute atomic E-state index is 0.324. The van der Waals surface area contributed by atoms with Crippen molar-refractivity contribution >= 4 is 0 Å². The highest BCUT2D eigenvalue weighted by atomic mass is 16.3. The Bertz CT molecular complexity index is 449. The summed E-state index contributed by atoms with van der Waals surface area (Å²) in [6.45, 7) is 0. The van der Waals surface area contributed by atoms with Crippen molar-refractivity contribution in [1.82, 2.24) is 0 Å². The summed E-state index contributed by atoms with van der Waals surface area (Å²) in [4.78, 5) is 0. The van der Waals surface area contributed by atoms with Gasteiger partial charge in [0, 0.05) is 0 Å². The molecule has 0 radical (unpaired) electrons. The lowest BCUT2D eigenvalue weighted by atomic mass is 10.2. The Hall–Kier alpha value is -1.76. The van der Waals surface area contributed by atoms with Crippen molar-refractivity contribution < 1.29 is 5.11 Å². The number of hydrogen-bond acceptors (Lipinski definition) is 1. The van der Waals surface area contributed by atoms with E-state index in [4.69, 9.17) is 5.11 Å². The van der Waals surface area contributed by atoms with Gasteiger partial charge in [0.15, 0.2) is 0 Å². The number of aromatic hydroxyl groups is 1. The van der Waals surface area contributed by atoms with Crippen LogP contribution in [0, 0.1) is 0 Å². The number of rotatable bonds is 1. The summed E-state index contributed by atoms with van der Waals surface area (Å²) in [5.74, 6) is 0.324. The van der Waals surface area contributed by atoms with E-state index in [1.54, 1.807) is 12.1 Å². The third kappa shape index (κ3) is 0.872. The second kappa shape index (κ2) is 2.13. The molecule has 1 aromatic carbocycles. The highest BCUT2D eigenvalue weighted by molar-refractivity contribution is 6.07. The van der Waals surface area contributed by atoms with Gasteiger partial charge in [0.25, 0.3) is 0 Å². The van der Waals surface area contributed by atoms with Gasteiger partial charge in [-0.05, 0) is 34.4 Å². The van der Waals surface area contributed by atoms with E-state index < -0.39 is 0 Å². The van der Waals surface area contributed by atoms with Gasteiger partial charge in [-0.15, -0.1) is 0 Å². The van der Waals surface area contributed by atoms with Crippen LogP contribution in [0.5, 0.6) is 5.75 Å². The zero-order chi connectivity index (χ0) is 8.84. The normalized spacial score (nSPS) is 11.4. The van der Waals surface area contributed by atoms with Crippen molar-refractivity contribution in [3.8, 4) is 28.0 Å². The fraction of sp³-hybridized carbons (Fsp3) is 0. The second-order valence-electron chi connectivity index (χ2n) is 3.28. The third-order valence-corrected chi connectivity index (χ3v) is 2.45. The van der Waals surface area contributed by atoms with Crippen LogP contribution in [0.25, 0.3) is 22.3 Å². The van der Waals surface area contributed by atoms with E-state index in [1.165, 1.54) is 22.3 Å². The molecule has 0 atom stereocenters. The molecule has 0 bridgehead atoms. The Labute approximate surface area is 76.3 Å². The van der Waals surface area contributed by atoms with Crippen LogP contribution in [0.15, 0.2) is 42.5 Å². The van der Waals surface area contributed by atoms with Crippen molar-refractivity contribution in [2.75, 3.05) is 0 Å². The highest BCUT2D eigenvalue weighted by Gasteiger charge is 2.23. The van der Waals surface area contributed by atoms with E-state index in [-0.39, 0.29) is 0 Å². The van der Waals surface area contributed by atoms with Crippen LogP contribution >= 0.6 is 0 Å². The number of hydrogen-bond donors (Lipinski definition) is 1. The maximum absolute atomic E-state index is 9.12. The Kier molecular flexibility index (Phi) is 1.10. The third-order valence-electron chi connectivity index (χ3n) is 2.45. The topological polar surface area (TPSA) is 20.2 Å². The van der Waals surface area contributed by atoms with Crippen molar-refractivity contribution in [3.63, 3.8) is 0 Å². The summed E-state index contributed by atoms with van der Waals surface area (Å²) in [6.07, 6.45) is 0. The molecule has 13 heavy (non-hydrogen) atoms. The molecule has 0 fully saturated rings. The smallest absolute Gasteiger partial charge is 0.115 e. The van der Waals surface area contributed by atoms with Crippen molar-refractivity contribution in [2.24, 2.45) is 0 Å². The molecular weight excluding hydrogens is 160 g/mol. The average molecular weight is 168 g/mol. The zero-order valence-electron chi connectivity index (χ0n) is 6.99. The van der Waals surface area contributed by atoms with E-state index in [9.17, 15) is 0 Å². The monoisotopic (exact) mass is 168 g/mol. The largest absolute Gasteiger partial charge is 0.508 e. The van der Waals surface area contributed by atoms with Gasteiger partial charge < -0.3 is 5.11 Å². The number of benzene rings is 2. The van der Waals surface area contributed by atoms with E-state index >= 15 is 0 Å². The van der Waals surface area contributed by atoms with Crippen molar-refractivity contribution in [2.45, 2.75) is 0 Å². The lowest BCUT2D eigenvalue weighted by Crippen LogP contribution is -1.67. The zero-order valence-corrected chi connectivity index (χ0v) is 6.99. The van der Waals surface area contributed by atoms with Gasteiger partial charge in [0.05, 0.1) is 0 Å². The van der Waals surface area contributed by atoms with Crippen LogP contribution < -0.4 is 0 Å². The van der Waals surface area contributed by atoms with E-state index in [0.29, 0.717) is 5.75 Å². The maximum atomic E-state index is 9.12. The SMILES string of the molecule is Oc1ccc(-c2c3cccc2-3)cc1. The first-order valence-electron chi connectivity index (χ1n) is 4.29. The van der Waals surface area contributed by atoms with E-state index in [0.717, 1.165) is 0 Å². The quantitative estimate of drug-likeness (QED) is 0.592. The second-order valence-corrected chi connectivity index (χ2v) is 3.28. The molecule has 0 spiro atoms. The molecule has 0 saturated heterocycles. The van der Waals surface area contributed by atoms with E-state index in [2.05, 4.69) is 18.2 Å². The summed E-state index contributed by atoms with van der Waals surface area (Å²) >= 11 is 0. The van der Waals surface area contributed by atoms with Gasteiger partial charge in [-0.2, -0.15) is 0 Å². The van der Waals surface area contributed by atoms with Gasteiger partial charge in [-0.25, -0.2) is 0 Å². The molecule has 3 rings (SSSR count). The van der Waals surface area contributed by atoms with E-state index in [1.807, 2.05) is 12.1 Å². The summed E-state index contributed by atoms with van der Waals surface area (Å²) in [5.41, 5.74) is 5.24. The van der Waals surface area contributed by atoms with Gasteiger partial charge in [-0.1, -0.05) is 30.3 Å². The average Bonchev–Trinajstić information content (AvgIpc) is 2.63. The summed E-state index contributed by atoms with van der Waals surface area (Å²) in [7, 11) is 0. The first-order chi connectivity index (χ1) is 6.36. The van der Waals surface area contributed by atoms with Crippen molar-refractivity contribution in [3.05, 3.63) is 42.5 Å². The van der Waals surface area contributed by atoms with Crippen molar-refractivity contribution in [1.29, 1.82) is 0 Å². The lowest BCUT2D eigenvalue weighted by Gasteiger charge is -1.92. The van der Waals surface area contributed by atoms with Crippen LogP contribution in [0.2, 0.25) is 0 Å². The van der Waals surface area contributed by atoms with Crippen LogP contribution in [0.4, 0.5) is 0 Å². The molecular formula is C12H8O. The maximum Gasteiger partial charge on any atom is 0.115 e. The molecule has 1 N–H and O–H groups in total. The Morgan fingerprint density at radius 3 is 2.00 bits per heavy atom. The van der Waals surface area contributed by atoms with Crippen LogP contribution in [-0.4, -0.2) is 5.11 Å². The molecule has 0 saturated carbocycles. The summed E-state index contributed by atoms with van der Waals surface area (Å²) in [6, 6.07) is 13.7. The fourth-order valence-corrected chi connectivity index (χ4v) is 1.74. The number of phenolic OH excluding ortho intramolecular Hbond substituents is 1. The molecule has 0 unspecified atom stereocenters. The molecule has 1 aromatic rings. The molecule has 0 aliphatic heterocycles. The Morgan fingerprint density at radius 1 is 0.769 bits per heavy atom. The fourth-order valence-electron chi connectivity index (χ4n) is 1.74. The first kappa shape index (κ1) is 6.72. The standard InChI is InChI=1S/C12H8O/c13-9-6-4-8(5-7-9)12-10-2-1-3-11(10)12/h1-7,13H. The van der Waals surface area contributed by atoms with Gasteiger partial charge >= 0.3 is 0 Å². The van der Waals surface area contributed by atoms with Crippen LogP contribution in [-0.2, 0) is 0 Å². The molecule has 0 heterocycles. The Morgan fingerprint density at radius 2 is 1.38 bits per heavy atom. The first-order valence-corrected chi connectivity index (χ1v) is 4.29. The highest BCUT2D eigenvalue weighted by Crippen LogP contribution is 2.50. The molecule has 2 aliphatic rings. The summed E-state index contributed by atoms with van der Waals surface area (Å²) in [5, 5.41) is 9.12. The van der Waals surface area contributed by atoms with Gasteiger partial charge in [0.1, 0.15) is 5.75 Å². The number of fused-ring (bicyclic) bond motifs is 1. The molecule has 0 amide bonds. The van der Waals surface area contributed by atoms with Gasteiger partial charge in [0.2, 0.25) is 0 Å². The molecule has 1 heteroatoms.